The Kier molecular flexibility index (Phi) is 5.72. The van der Waals surface area contributed by atoms with Crippen molar-refractivity contribution in [3.63, 3.8) is 0 Å². The molecule has 0 saturated heterocycles. The maximum Gasteiger partial charge on any atom is 0.0558 e. The molecule has 0 amide bonds. The minimum atomic E-state index is -0.00762. The Hall–Kier alpha value is -0.610. The van der Waals surface area contributed by atoms with Gasteiger partial charge in [-0.1, -0.05) is 5.16 Å². The summed E-state index contributed by atoms with van der Waals surface area (Å²) in [5.41, 5.74) is 0.749. The second-order valence-corrected chi connectivity index (χ2v) is 4.63. The number of likely N-dealkylation sites (N-methyl/N-ethyl adjacent to an activating group) is 1. The van der Waals surface area contributed by atoms with Crippen molar-refractivity contribution in [2.75, 3.05) is 27.2 Å². The lowest BCUT2D eigenvalue weighted by atomic mass is 9.98. The summed E-state index contributed by atoms with van der Waals surface area (Å²) in [6.45, 7) is 8.00. The summed E-state index contributed by atoms with van der Waals surface area (Å²) in [5, 5.41) is 15.2. The van der Waals surface area contributed by atoms with E-state index in [1.54, 1.807) is 0 Å². The highest BCUT2D eigenvalue weighted by Gasteiger charge is 2.17. The van der Waals surface area contributed by atoms with Gasteiger partial charge in [-0.25, -0.2) is 0 Å². The molecule has 0 saturated carbocycles. The summed E-state index contributed by atoms with van der Waals surface area (Å²) in [5.74, 6) is 0. The van der Waals surface area contributed by atoms with E-state index >= 15 is 0 Å². The van der Waals surface area contributed by atoms with Crippen LogP contribution in [0.15, 0.2) is 5.16 Å². The molecule has 0 atom stereocenters. The number of hydrogen-bond donors (Lipinski definition) is 2. The fourth-order valence-electron chi connectivity index (χ4n) is 1.36. The van der Waals surface area contributed by atoms with Gasteiger partial charge in [0.05, 0.1) is 5.71 Å². The van der Waals surface area contributed by atoms with Crippen LogP contribution >= 0.6 is 0 Å². The van der Waals surface area contributed by atoms with Crippen molar-refractivity contribution < 1.29 is 5.21 Å². The third-order valence-corrected chi connectivity index (χ3v) is 2.03. The molecule has 0 aliphatic heterocycles. The summed E-state index contributed by atoms with van der Waals surface area (Å²) in [7, 11) is 4.10. The number of nitrogens with zero attached hydrogens (tertiary/aromatic N) is 2. The smallest absolute Gasteiger partial charge is 0.0558 e. The minimum absolute atomic E-state index is 0.00762. The molecule has 0 spiro atoms. The van der Waals surface area contributed by atoms with Gasteiger partial charge in [-0.05, 0) is 34.9 Å². The molecule has 4 heteroatoms. The highest BCUT2D eigenvalue weighted by molar-refractivity contribution is 5.82. The Morgan fingerprint density at radius 3 is 2.43 bits per heavy atom. The average Bonchev–Trinajstić information content (AvgIpc) is 2.02. The zero-order valence-corrected chi connectivity index (χ0v) is 9.96. The van der Waals surface area contributed by atoms with E-state index < -0.39 is 0 Å². The molecular formula is C10H23N3O. The van der Waals surface area contributed by atoms with Crippen LogP contribution in [0.1, 0.15) is 27.2 Å². The quantitative estimate of drug-likeness (QED) is 0.385. The van der Waals surface area contributed by atoms with E-state index in [4.69, 9.17) is 5.21 Å². The van der Waals surface area contributed by atoms with Crippen molar-refractivity contribution in [2.45, 2.75) is 32.7 Å². The van der Waals surface area contributed by atoms with Gasteiger partial charge in [-0.15, -0.1) is 0 Å². The molecule has 0 fully saturated rings. The Morgan fingerprint density at radius 1 is 1.43 bits per heavy atom. The molecule has 4 nitrogen and oxygen atoms in total. The standard InChI is InChI=1S/C10H23N3O/c1-9(12-14)8-10(2,3)11-6-7-13(4)5/h11,14H,6-8H2,1-5H3/b12-9+. The van der Waals surface area contributed by atoms with Crippen molar-refractivity contribution in [1.29, 1.82) is 0 Å². The molecule has 0 heterocycles. The molecule has 0 aromatic rings. The van der Waals surface area contributed by atoms with Gasteiger partial charge in [-0.2, -0.15) is 0 Å². The van der Waals surface area contributed by atoms with Crippen LogP contribution in [0.4, 0.5) is 0 Å². The second kappa shape index (κ2) is 5.98. The van der Waals surface area contributed by atoms with Crippen molar-refractivity contribution in [3.05, 3.63) is 0 Å². The highest BCUT2D eigenvalue weighted by atomic mass is 16.4. The molecule has 0 unspecified atom stereocenters. The van der Waals surface area contributed by atoms with Crippen LogP contribution in [-0.2, 0) is 0 Å². The lowest BCUT2D eigenvalue weighted by Crippen LogP contribution is -2.43. The van der Waals surface area contributed by atoms with Gasteiger partial charge in [-0.3, -0.25) is 0 Å². The number of nitrogens with one attached hydrogen (secondary N) is 1. The summed E-state index contributed by atoms with van der Waals surface area (Å²) < 4.78 is 0. The van der Waals surface area contributed by atoms with Crippen molar-refractivity contribution in [1.82, 2.24) is 10.2 Å². The topological polar surface area (TPSA) is 47.9 Å². The largest absolute Gasteiger partial charge is 0.411 e. The van der Waals surface area contributed by atoms with E-state index in [0.29, 0.717) is 0 Å². The molecule has 0 aliphatic rings. The maximum atomic E-state index is 8.56. The first-order valence-electron chi connectivity index (χ1n) is 4.94. The number of hydrogen-bond acceptors (Lipinski definition) is 4. The molecule has 14 heavy (non-hydrogen) atoms. The van der Waals surface area contributed by atoms with Crippen LogP contribution in [0.3, 0.4) is 0 Å². The Balaban J connectivity index is 3.83. The van der Waals surface area contributed by atoms with Gasteiger partial charge in [0.1, 0.15) is 0 Å². The zero-order chi connectivity index (χ0) is 11.2. The maximum absolute atomic E-state index is 8.56. The summed E-state index contributed by atoms with van der Waals surface area (Å²) in [6, 6.07) is 0. The first-order chi connectivity index (χ1) is 6.37. The SMILES string of the molecule is C/C(CC(C)(C)NCCN(C)C)=N\O. The second-order valence-electron chi connectivity index (χ2n) is 4.63. The van der Waals surface area contributed by atoms with E-state index in [0.717, 1.165) is 25.2 Å². The Labute approximate surface area is 87.0 Å². The van der Waals surface area contributed by atoms with Crippen LogP contribution in [-0.4, -0.2) is 48.5 Å². The van der Waals surface area contributed by atoms with Crippen LogP contribution in [0.2, 0.25) is 0 Å². The van der Waals surface area contributed by atoms with Crippen LogP contribution in [0.5, 0.6) is 0 Å². The molecule has 0 rings (SSSR count). The predicted octanol–water partition coefficient (Wildman–Crippen LogP) is 1.16. The van der Waals surface area contributed by atoms with Crippen molar-refractivity contribution in [2.24, 2.45) is 5.16 Å². The molecule has 0 aromatic heterocycles. The molecule has 84 valence electrons. The number of rotatable bonds is 6. The Morgan fingerprint density at radius 2 is 2.00 bits per heavy atom. The van der Waals surface area contributed by atoms with Gasteiger partial charge in [0.15, 0.2) is 0 Å². The van der Waals surface area contributed by atoms with Crippen molar-refractivity contribution in [3.8, 4) is 0 Å². The van der Waals surface area contributed by atoms with E-state index in [1.165, 1.54) is 0 Å². The first-order valence-corrected chi connectivity index (χ1v) is 4.94. The summed E-state index contributed by atoms with van der Waals surface area (Å²) in [4.78, 5) is 2.13. The molecular weight excluding hydrogens is 178 g/mol. The van der Waals surface area contributed by atoms with Crippen LogP contribution in [0.25, 0.3) is 0 Å². The monoisotopic (exact) mass is 201 g/mol. The van der Waals surface area contributed by atoms with Crippen molar-refractivity contribution >= 4 is 5.71 Å². The zero-order valence-electron chi connectivity index (χ0n) is 9.96. The molecule has 0 aliphatic carbocycles. The van der Waals surface area contributed by atoms with Gasteiger partial charge >= 0.3 is 0 Å². The van der Waals surface area contributed by atoms with Gasteiger partial charge in [0, 0.05) is 25.0 Å². The highest BCUT2D eigenvalue weighted by Crippen LogP contribution is 2.08. The van der Waals surface area contributed by atoms with Gasteiger partial charge < -0.3 is 15.4 Å². The average molecular weight is 201 g/mol. The van der Waals surface area contributed by atoms with Crippen LogP contribution in [0, 0.1) is 0 Å². The molecule has 0 bridgehead atoms. The third-order valence-electron chi connectivity index (χ3n) is 2.03. The lowest BCUT2D eigenvalue weighted by Gasteiger charge is -2.26. The molecule has 2 N–H and O–H groups in total. The van der Waals surface area contributed by atoms with Gasteiger partial charge in [0.25, 0.3) is 0 Å². The molecule has 0 radical (unpaired) electrons. The van der Waals surface area contributed by atoms with E-state index in [2.05, 4.69) is 43.3 Å². The first kappa shape index (κ1) is 13.4. The Bertz CT molecular complexity index is 188. The van der Waals surface area contributed by atoms with Gasteiger partial charge in [0.2, 0.25) is 0 Å². The summed E-state index contributed by atoms with van der Waals surface area (Å²) >= 11 is 0. The van der Waals surface area contributed by atoms with E-state index in [-0.39, 0.29) is 5.54 Å². The number of oxime groups is 1. The predicted molar refractivity (Wildman–Crippen MR) is 60.1 cm³/mol. The van der Waals surface area contributed by atoms with E-state index in [9.17, 15) is 0 Å². The fraction of sp³-hybridized carbons (Fsp3) is 0.900. The summed E-state index contributed by atoms with van der Waals surface area (Å²) in [6.07, 6.45) is 0.761. The minimum Gasteiger partial charge on any atom is -0.411 e. The molecule has 0 aromatic carbocycles. The fourth-order valence-corrected chi connectivity index (χ4v) is 1.36. The van der Waals surface area contributed by atoms with Crippen LogP contribution < -0.4 is 5.32 Å². The third kappa shape index (κ3) is 6.86. The van der Waals surface area contributed by atoms with E-state index in [1.807, 2.05) is 6.92 Å². The lowest BCUT2D eigenvalue weighted by molar-refractivity contribution is 0.309. The normalized spacial score (nSPS) is 13.7.